The summed E-state index contributed by atoms with van der Waals surface area (Å²) < 4.78 is 46.7. The van der Waals surface area contributed by atoms with Gasteiger partial charge in [0.2, 0.25) is 10.0 Å². The van der Waals surface area contributed by atoms with Crippen molar-refractivity contribution >= 4 is 15.9 Å². The maximum atomic E-state index is 13.3. The molecule has 2 aliphatic rings. The summed E-state index contributed by atoms with van der Waals surface area (Å²) in [5, 5.41) is 0. The van der Waals surface area contributed by atoms with Crippen LogP contribution in [0.2, 0.25) is 0 Å². The average molecular weight is 433 g/mol. The highest BCUT2D eigenvalue weighted by atomic mass is 32.2. The second kappa shape index (κ2) is 8.83. The van der Waals surface area contributed by atoms with Gasteiger partial charge in [-0.2, -0.15) is 0 Å². The maximum absolute atomic E-state index is 13.3. The van der Waals surface area contributed by atoms with Crippen LogP contribution in [0.3, 0.4) is 0 Å². The molecule has 2 aliphatic heterocycles. The molecule has 2 saturated heterocycles. The van der Waals surface area contributed by atoms with Gasteiger partial charge in [-0.1, -0.05) is 18.2 Å². The van der Waals surface area contributed by atoms with Crippen molar-refractivity contribution in [1.82, 2.24) is 9.62 Å². The molecule has 160 valence electrons. The minimum atomic E-state index is -3.74. The van der Waals surface area contributed by atoms with Crippen molar-refractivity contribution in [3.63, 3.8) is 0 Å². The fraction of sp³-hybridized carbons (Fsp3) is 0.409. The lowest BCUT2D eigenvalue weighted by Gasteiger charge is -2.25. The SMILES string of the molecule is O=C(c1cccc(S(=O)(=O)NCC2CCCO2)c1)N1CCCC1c1ccc(F)cc1. The van der Waals surface area contributed by atoms with E-state index in [-0.39, 0.29) is 35.3 Å². The quantitative estimate of drug-likeness (QED) is 0.760. The van der Waals surface area contributed by atoms with Crippen LogP contribution in [0.1, 0.15) is 47.6 Å². The van der Waals surface area contributed by atoms with Gasteiger partial charge in [0.15, 0.2) is 0 Å². The van der Waals surface area contributed by atoms with E-state index in [1.807, 2.05) is 0 Å². The number of sulfonamides is 1. The van der Waals surface area contributed by atoms with Gasteiger partial charge in [0.1, 0.15) is 5.82 Å². The summed E-state index contributed by atoms with van der Waals surface area (Å²) in [5.41, 5.74) is 1.20. The van der Waals surface area contributed by atoms with Gasteiger partial charge >= 0.3 is 0 Å². The first-order chi connectivity index (χ1) is 14.4. The van der Waals surface area contributed by atoms with Gasteiger partial charge in [0.05, 0.1) is 17.0 Å². The van der Waals surface area contributed by atoms with Crippen LogP contribution in [0.15, 0.2) is 53.4 Å². The number of nitrogens with zero attached hydrogens (tertiary/aromatic N) is 1. The largest absolute Gasteiger partial charge is 0.377 e. The topological polar surface area (TPSA) is 75.7 Å². The molecule has 2 heterocycles. The number of carbonyl (C=O) groups is 1. The van der Waals surface area contributed by atoms with Crippen LogP contribution in [0.25, 0.3) is 0 Å². The molecule has 2 atom stereocenters. The smallest absolute Gasteiger partial charge is 0.254 e. The zero-order valence-electron chi connectivity index (χ0n) is 16.6. The van der Waals surface area contributed by atoms with Crippen LogP contribution in [-0.4, -0.2) is 45.0 Å². The third kappa shape index (κ3) is 4.55. The number of hydrogen-bond acceptors (Lipinski definition) is 4. The van der Waals surface area contributed by atoms with Gasteiger partial charge in [-0.15, -0.1) is 0 Å². The van der Waals surface area contributed by atoms with Gasteiger partial charge in [-0.05, 0) is 61.6 Å². The van der Waals surface area contributed by atoms with Crippen molar-refractivity contribution in [2.24, 2.45) is 0 Å². The Bertz CT molecular complexity index is 1000. The van der Waals surface area contributed by atoms with E-state index in [2.05, 4.69) is 4.72 Å². The second-order valence-electron chi connectivity index (χ2n) is 7.72. The molecule has 1 amide bonds. The average Bonchev–Trinajstić information content (AvgIpc) is 3.45. The van der Waals surface area contributed by atoms with Gasteiger partial charge in [-0.25, -0.2) is 17.5 Å². The Balaban J connectivity index is 1.51. The minimum absolute atomic E-state index is 0.0591. The van der Waals surface area contributed by atoms with Crippen LogP contribution >= 0.6 is 0 Å². The third-order valence-electron chi connectivity index (χ3n) is 5.68. The number of hydrogen-bond donors (Lipinski definition) is 1. The number of rotatable bonds is 6. The molecule has 2 aromatic rings. The molecule has 2 unspecified atom stereocenters. The molecule has 2 fully saturated rings. The lowest BCUT2D eigenvalue weighted by Crippen LogP contribution is -2.32. The van der Waals surface area contributed by atoms with Crippen LogP contribution < -0.4 is 4.72 Å². The van der Waals surface area contributed by atoms with Crippen LogP contribution in [0.4, 0.5) is 4.39 Å². The molecule has 2 aromatic carbocycles. The highest BCUT2D eigenvalue weighted by molar-refractivity contribution is 7.89. The number of amides is 1. The zero-order valence-corrected chi connectivity index (χ0v) is 17.4. The van der Waals surface area contributed by atoms with E-state index in [1.165, 1.54) is 24.3 Å². The zero-order chi connectivity index (χ0) is 21.1. The number of halogens is 1. The summed E-state index contributed by atoms with van der Waals surface area (Å²) in [7, 11) is -3.74. The number of benzene rings is 2. The summed E-state index contributed by atoms with van der Waals surface area (Å²) in [6.45, 7) is 1.45. The summed E-state index contributed by atoms with van der Waals surface area (Å²) >= 11 is 0. The molecule has 6 nitrogen and oxygen atoms in total. The van der Waals surface area contributed by atoms with Crippen molar-refractivity contribution < 1.29 is 22.3 Å². The normalized spacial score (nSPS) is 21.8. The monoisotopic (exact) mass is 432 g/mol. The predicted octanol–water partition coefficient (Wildman–Crippen LogP) is 3.26. The van der Waals surface area contributed by atoms with Crippen molar-refractivity contribution in [3.05, 3.63) is 65.5 Å². The molecule has 1 N–H and O–H groups in total. The Labute approximate surface area is 176 Å². The lowest BCUT2D eigenvalue weighted by atomic mass is 10.0. The molecular formula is C22H25FN2O4S. The van der Waals surface area contributed by atoms with Crippen molar-refractivity contribution in [2.45, 2.75) is 42.7 Å². The lowest BCUT2D eigenvalue weighted by molar-refractivity contribution is 0.0735. The van der Waals surface area contributed by atoms with Gasteiger partial charge in [0, 0.05) is 25.3 Å². The number of likely N-dealkylation sites (tertiary alicyclic amines) is 1. The second-order valence-corrected chi connectivity index (χ2v) is 9.49. The van der Waals surface area contributed by atoms with E-state index in [0.717, 1.165) is 31.2 Å². The van der Waals surface area contributed by atoms with Gasteiger partial charge < -0.3 is 9.64 Å². The first kappa shape index (κ1) is 21.0. The molecule has 8 heteroatoms. The minimum Gasteiger partial charge on any atom is -0.377 e. The van der Waals surface area contributed by atoms with Crippen molar-refractivity contribution in [3.8, 4) is 0 Å². The Hall–Kier alpha value is -2.29. The van der Waals surface area contributed by atoms with Crippen LogP contribution in [-0.2, 0) is 14.8 Å². The van der Waals surface area contributed by atoms with E-state index in [1.54, 1.807) is 29.2 Å². The summed E-state index contributed by atoms with van der Waals surface area (Å²) in [4.78, 5) is 15.0. The van der Waals surface area contributed by atoms with Crippen LogP contribution in [0.5, 0.6) is 0 Å². The van der Waals surface area contributed by atoms with E-state index >= 15 is 0 Å². The molecule has 0 radical (unpaired) electrons. The Kier molecular flexibility index (Phi) is 6.17. The Morgan fingerprint density at radius 3 is 2.67 bits per heavy atom. The number of ether oxygens (including phenoxy) is 1. The standard InChI is InChI=1S/C22H25FN2O4S/c23-18-10-8-16(9-11-18)21-7-2-12-25(21)22(26)17-4-1-6-20(14-17)30(27,28)24-15-19-5-3-13-29-19/h1,4,6,8-11,14,19,21,24H,2-3,5,7,12-13,15H2. The highest BCUT2D eigenvalue weighted by Crippen LogP contribution is 2.33. The molecular weight excluding hydrogens is 407 g/mol. The van der Waals surface area contributed by atoms with E-state index in [0.29, 0.717) is 18.7 Å². The van der Waals surface area contributed by atoms with E-state index < -0.39 is 10.0 Å². The van der Waals surface area contributed by atoms with Gasteiger partial charge in [0.25, 0.3) is 5.91 Å². The summed E-state index contributed by atoms with van der Waals surface area (Å²) in [6, 6.07) is 12.1. The fourth-order valence-corrected chi connectivity index (χ4v) is 5.21. The number of nitrogens with one attached hydrogen (secondary N) is 1. The molecule has 0 aromatic heterocycles. The van der Waals surface area contributed by atoms with Gasteiger partial charge in [-0.3, -0.25) is 4.79 Å². The molecule has 30 heavy (non-hydrogen) atoms. The molecule has 4 rings (SSSR count). The fourth-order valence-electron chi connectivity index (χ4n) is 4.09. The summed E-state index contributed by atoms with van der Waals surface area (Å²) in [5.74, 6) is -0.541. The predicted molar refractivity (Wildman–Crippen MR) is 110 cm³/mol. The van der Waals surface area contributed by atoms with Crippen molar-refractivity contribution in [2.75, 3.05) is 19.7 Å². The Morgan fingerprint density at radius 2 is 1.93 bits per heavy atom. The highest BCUT2D eigenvalue weighted by Gasteiger charge is 2.31. The van der Waals surface area contributed by atoms with E-state index in [4.69, 9.17) is 4.74 Å². The third-order valence-corrected chi connectivity index (χ3v) is 7.11. The first-order valence-electron chi connectivity index (χ1n) is 10.2. The molecule has 0 spiro atoms. The van der Waals surface area contributed by atoms with E-state index in [9.17, 15) is 17.6 Å². The Morgan fingerprint density at radius 1 is 1.13 bits per heavy atom. The molecule has 0 aliphatic carbocycles. The number of carbonyl (C=O) groups excluding carboxylic acids is 1. The first-order valence-corrected chi connectivity index (χ1v) is 11.7. The summed E-state index contributed by atoms with van der Waals surface area (Å²) in [6.07, 6.45) is 3.29. The van der Waals surface area contributed by atoms with Crippen molar-refractivity contribution in [1.29, 1.82) is 0 Å². The maximum Gasteiger partial charge on any atom is 0.254 e. The van der Waals surface area contributed by atoms with Crippen LogP contribution in [0, 0.1) is 5.82 Å². The molecule has 0 bridgehead atoms. The molecule has 0 saturated carbocycles.